The van der Waals surface area contributed by atoms with Crippen molar-refractivity contribution in [3.05, 3.63) is 0 Å². The highest BCUT2D eigenvalue weighted by Crippen LogP contribution is 2.19. The molecule has 0 aromatic carbocycles. The summed E-state index contributed by atoms with van der Waals surface area (Å²) in [6.07, 6.45) is 0.941. The fraction of sp³-hybridized carbons (Fsp3) is 1.00. The van der Waals surface area contributed by atoms with E-state index < -0.39 is 10.0 Å². The lowest BCUT2D eigenvalue weighted by Gasteiger charge is -2.32. The zero-order chi connectivity index (χ0) is 14.6. The summed E-state index contributed by atoms with van der Waals surface area (Å²) >= 11 is 0. The zero-order valence-corrected chi connectivity index (χ0v) is 13.4. The molecule has 0 bridgehead atoms. The molecule has 118 valence electrons. The van der Waals surface area contributed by atoms with Crippen LogP contribution in [-0.4, -0.2) is 81.4 Å². The molecule has 2 saturated heterocycles. The highest BCUT2D eigenvalue weighted by atomic mass is 32.2. The molecule has 0 amide bonds. The van der Waals surface area contributed by atoms with Crippen molar-refractivity contribution in [2.75, 3.05) is 51.7 Å². The first-order valence-electron chi connectivity index (χ1n) is 7.52. The molecule has 20 heavy (non-hydrogen) atoms. The predicted octanol–water partition coefficient (Wildman–Crippen LogP) is -0.279. The Kier molecular flexibility index (Phi) is 5.80. The number of morpholine rings is 1. The Hall–Kier alpha value is -0.210. The number of nitrogens with zero attached hydrogens (tertiary/aromatic N) is 2. The van der Waals surface area contributed by atoms with Gasteiger partial charge in [-0.1, -0.05) is 13.8 Å². The SMILES string of the molecule is CC(C)NCCS(=O)(=O)N1CCC(N2CCOCC2)C1. The maximum Gasteiger partial charge on any atom is 0.215 e. The summed E-state index contributed by atoms with van der Waals surface area (Å²) in [5, 5.41) is 3.17. The van der Waals surface area contributed by atoms with E-state index >= 15 is 0 Å². The first-order valence-corrected chi connectivity index (χ1v) is 9.13. The zero-order valence-electron chi connectivity index (χ0n) is 12.5. The van der Waals surface area contributed by atoms with Gasteiger partial charge in [0.25, 0.3) is 0 Å². The largest absolute Gasteiger partial charge is 0.379 e. The van der Waals surface area contributed by atoms with Gasteiger partial charge in [0.15, 0.2) is 0 Å². The first kappa shape index (κ1) is 16.2. The monoisotopic (exact) mass is 305 g/mol. The third kappa shape index (κ3) is 4.39. The van der Waals surface area contributed by atoms with Gasteiger partial charge in [0.1, 0.15) is 0 Å². The smallest absolute Gasteiger partial charge is 0.215 e. The molecule has 0 radical (unpaired) electrons. The third-order valence-corrected chi connectivity index (χ3v) is 5.83. The Balaban J connectivity index is 1.81. The minimum Gasteiger partial charge on any atom is -0.379 e. The molecular weight excluding hydrogens is 278 g/mol. The molecule has 2 heterocycles. The van der Waals surface area contributed by atoms with Crippen molar-refractivity contribution in [2.24, 2.45) is 0 Å². The molecule has 1 unspecified atom stereocenters. The van der Waals surface area contributed by atoms with Crippen LogP contribution in [0.15, 0.2) is 0 Å². The van der Waals surface area contributed by atoms with Gasteiger partial charge in [-0.3, -0.25) is 4.90 Å². The maximum atomic E-state index is 12.3. The van der Waals surface area contributed by atoms with E-state index in [1.54, 1.807) is 4.31 Å². The second-order valence-electron chi connectivity index (χ2n) is 5.87. The number of hydrogen-bond acceptors (Lipinski definition) is 5. The molecule has 6 nitrogen and oxygen atoms in total. The van der Waals surface area contributed by atoms with E-state index in [1.165, 1.54) is 0 Å². The van der Waals surface area contributed by atoms with Crippen LogP contribution in [0.5, 0.6) is 0 Å². The quantitative estimate of drug-likeness (QED) is 0.731. The van der Waals surface area contributed by atoms with Crippen LogP contribution in [0.2, 0.25) is 0 Å². The minimum atomic E-state index is -3.11. The van der Waals surface area contributed by atoms with Crippen LogP contribution in [0.1, 0.15) is 20.3 Å². The van der Waals surface area contributed by atoms with Crippen molar-refractivity contribution < 1.29 is 13.2 Å². The van der Waals surface area contributed by atoms with Crippen molar-refractivity contribution >= 4 is 10.0 Å². The predicted molar refractivity (Wildman–Crippen MR) is 79.3 cm³/mol. The molecule has 2 rings (SSSR count). The number of nitrogens with one attached hydrogen (secondary N) is 1. The lowest BCUT2D eigenvalue weighted by Crippen LogP contribution is -2.45. The molecule has 0 aliphatic carbocycles. The fourth-order valence-corrected chi connectivity index (χ4v) is 4.23. The Bertz CT molecular complexity index is 394. The average molecular weight is 305 g/mol. The fourth-order valence-electron chi connectivity index (χ4n) is 2.81. The topological polar surface area (TPSA) is 61.9 Å². The van der Waals surface area contributed by atoms with Gasteiger partial charge >= 0.3 is 0 Å². The maximum absolute atomic E-state index is 12.3. The second kappa shape index (κ2) is 7.17. The number of rotatable bonds is 6. The summed E-state index contributed by atoms with van der Waals surface area (Å²) in [5.74, 6) is 0.195. The van der Waals surface area contributed by atoms with E-state index in [9.17, 15) is 8.42 Å². The number of hydrogen-bond donors (Lipinski definition) is 1. The Morgan fingerprint density at radius 3 is 2.60 bits per heavy atom. The molecule has 2 aliphatic rings. The van der Waals surface area contributed by atoms with Crippen molar-refractivity contribution in [1.82, 2.24) is 14.5 Å². The van der Waals surface area contributed by atoms with Crippen LogP contribution < -0.4 is 5.32 Å². The van der Waals surface area contributed by atoms with Gasteiger partial charge in [-0.25, -0.2) is 12.7 Å². The summed E-state index contributed by atoms with van der Waals surface area (Å²) in [6.45, 7) is 9.26. The second-order valence-corrected chi connectivity index (χ2v) is 7.96. The van der Waals surface area contributed by atoms with Gasteiger partial charge in [0.2, 0.25) is 10.0 Å². The summed E-state index contributed by atoms with van der Waals surface area (Å²) in [7, 11) is -3.11. The molecule has 0 spiro atoms. The Morgan fingerprint density at radius 1 is 1.25 bits per heavy atom. The molecule has 2 fully saturated rings. The molecule has 2 aliphatic heterocycles. The van der Waals surface area contributed by atoms with Gasteiger partial charge in [0.05, 0.1) is 19.0 Å². The Labute approximate surface area is 122 Å². The van der Waals surface area contributed by atoms with Gasteiger partial charge in [-0.15, -0.1) is 0 Å². The van der Waals surface area contributed by atoms with Gasteiger partial charge in [-0.2, -0.15) is 0 Å². The first-order chi connectivity index (χ1) is 9.49. The highest BCUT2D eigenvalue weighted by Gasteiger charge is 2.34. The molecule has 0 saturated carbocycles. The van der Waals surface area contributed by atoms with Crippen LogP contribution in [-0.2, 0) is 14.8 Å². The van der Waals surface area contributed by atoms with Gasteiger partial charge < -0.3 is 10.1 Å². The highest BCUT2D eigenvalue weighted by molar-refractivity contribution is 7.89. The van der Waals surface area contributed by atoms with E-state index in [1.807, 2.05) is 13.8 Å². The summed E-state index contributed by atoms with van der Waals surface area (Å²) < 4.78 is 31.6. The lowest BCUT2D eigenvalue weighted by molar-refractivity contribution is 0.0197. The van der Waals surface area contributed by atoms with Gasteiger partial charge in [0, 0.05) is 44.8 Å². The summed E-state index contributed by atoms with van der Waals surface area (Å²) in [4.78, 5) is 2.37. The normalized spacial score (nSPS) is 26.4. The van der Waals surface area contributed by atoms with Crippen LogP contribution in [0.3, 0.4) is 0 Å². The third-order valence-electron chi connectivity index (χ3n) is 3.99. The molecule has 1 atom stereocenters. The standard InChI is InChI=1S/C13H27N3O3S/c1-12(2)14-4-10-20(17,18)16-5-3-13(11-16)15-6-8-19-9-7-15/h12-14H,3-11H2,1-2H3. The van der Waals surface area contributed by atoms with E-state index in [0.29, 0.717) is 31.7 Å². The molecule has 0 aromatic rings. The van der Waals surface area contributed by atoms with E-state index in [0.717, 1.165) is 32.7 Å². The van der Waals surface area contributed by atoms with Crippen LogP contribution in [0.25, 0.3) is 0 Å². The van der Waals surface area contributed by atoms with Crippen LogP contribution in [0.4, 0.5) is 0 Å². The Morgan fingerprint density at radius 2 is 1.95 bits per heavy atom. The van der Waals surface area contributed by atoms with Crippen molar-refractivity contribution in [3.8, 4) is 0 Å². The lowest BCUT2D eigenvalue weighted by atomic mass is 10.2. The molecule has 1 N–H and O–H groups in total. The molecule has 7 heteroatoms. The van der Waals surface area contributed by atoms with Gasteiger partial charge in [-0.05, 0) is 6.42 Å². The molecular formula is C13H27N3O3S. The number of sulfonamides is 1. The van der Waals surface area contributed by atoms with Crippen LogP contribution >= 0.6 is 0 Å². The van der Waals surface area contributed by atoms with E-state index in [4.69, 9.17) is 4.74 Å². The van der Waals surface area contributed by atoms with Crippen molar-refractivity contribution in [1.29, 1.82) is 0 Å². The average Bonchev–Trinajstić information content (AvgIpc) is 2.89. The van der Waals surface area contributed by atoms with Crippen molar-refractivity contribution in [2.45, 2.75) is 32.4 Å². The summed E-state index contributed by atoms with van der Waals surface area (Å²) in [6, 6.07) is 0.691. The van der Waals surface area contributed by atoms with Crippen molar-refractivity contribution in [3.63, 3.8) is 0 Å². The number of ether oxygens (including phenoxy) is 1. The van der Waals surface area contributed by atoms with E-state index in [2.05, 4.69) is 10.2 Å². The van der Waals surface area contributed by atoms with E-state index in [-0.39, 0.29) is 5.75 Å². The molecule has 0 aromatic heterocycles. The summed E-state index contributed by atoms with van der Waals surface area (Å²) in [5.41, 5.74) is 0. The van der Waals surface area contributed by atoms with Crippen LogP contribution in [0, 0.1) is 0 Å². The minimum absolute atomic E-state index is 0.195.